The van der Waals surface area contributed by atoms with Gasteiger partial charge in [-0.1, -0.05) is 59.4 Å². The highest BCUT2D eigenvalue weighted by molar-refractivity contribution is 7.13. The smallest absolute Gasteiger partial charge is 0.225 e. The summed E-state index contributed by atoms with van der Waals surface area (Å²) in [6.45, 7) is 2.95. The molecule has 4 rings (SSSR count). The van der Waals surface area contributed by atoms with Gasteiger partial charge in [-0.25, -0.2) is 0 Å². The van der Waals surface area contributed by atoms with Gasteiger partial charge in [0.05, 0.1) is 6.21 Å². The summed E-state index contributed by atoms with van der Waals surface area (Å²) in [4.78, 5) is 0. The van der Waals surface area contributed by atoms with Crippen LogP contribution in [0, 0.1) is 6.92 Å². The summed E-state index contributed by atoms with van der Waals surface area (Å²) in [6.07, 6.45) is 3.97. The number of hydrogen-bond acceptors (Lipinski definition) is 5. The molecule has 0 amide bonds. The van der Waals surface area contributed by atoms with Crippen molar-refractivity contribution in [3.63, 3.8) is 0 Å². The number of fused-ring (bicyclic) bond motifs is 1. The van der Waals surface area contributed by atoms with Crippen LogP contribution in [0.4, 0.5) is 5.13 Å². The average molecular weight is 347 g/mol. The van der Waals surface area contributed by atoms with E-state index in [-0.39, 0.29) is 0 Å². The van der Waals surface area contributed by atoms with Gasteiger partial charge in [-0.2, -0.15) is 5.10 Å². The fourth-order valence-electron chi connectivity index (χ4n) is 2.89. The molecular formula is C19H17N5S. The molecule has 1 N–H and O–H groups in total. The lowest BCUT2D eigenvalue weighted by atomic mass is 10.1. The average Bonchev–Trinajstić information content (AvgIpc) is 3.24. The highest BCUT2D eigenvalue weighted by Gasteiger charge is 2.07. The first-order valence-corrected chi connectivity index (χ1v) is 8.86. The van der Waals surface area contributed by atoms with Gasteiger partial charge >= 0.3 is 0 Å². The van der Waals surface area contributed by atoms with Gasteiger partial charge in [0.15, 0.2) is 0 Å². The normalized spacial score (nSPS) is 11.4. The zero-order chi connectivity index (χ0) is 17.1. The Balaban J connectivity index is 1.65. The third kappa shape index (κ3) is 3.44. The molecular weight excluding hydrogens is 330 g/mol. The van der Waals surface area contributed by atoms with Gasteiger partial charge in [0, 0.05) is 29.2 Å². The summed E-state index contributed by atoms with van der Waals surface area (Å²) in [7, 11) is 0. The maximum absolute atomic E-state index is 4.29. The second-order valence-corrected chi connectivity index (χ2v) is 6.67. The molecule has 0 spiro atoms. The maximum Gasteiger partial charge on any atom is 0.225 e. The van der Waals surface area contributed by atoms with Crippen molar-refractivity contribution in [3.8, 4) is 0 Å². The fourth-order valence-corrected chi connectivity index (χ4v) is 3.29. The molecule has 5 nitrogen and oxygen atoms in total. The molecule has 4 aromatic rings. The van der Waals surface area contributed by atoms with Crippen LogP contribution in [0.3, 0.4) is 0 Å². The number of nitrogens with zero attached hydrogens (tertiary/aromatic N) is 4. The number of rotatable bonds is 5. The molecule has 2 aromatic carbocycles. The van der Waals surface area contributed by atoms with Crippen LogP contribution in [0.15, 0.2) is 65.3 Å². The Bertz CT molecular complexity index is 1020. The lowest BCUT2D eigenvalue weighted by Crippen LogP contribution is -1.98. The summed E-state index contributed by atoms with van der Waals surface area (Å²) >= 11 is 1.42. The molecule has 0 unspecified atom stereocenters. The first-order chi connectivity index (χ1) is 12.3. The second-order valence-electron chi connectivity index (χ2n) is 5.83. The number of hydrazone groups is 1. The summed E-state index contributed by atoms with van der Waals surface area (Å²) in [5.74, 6) is 0. The van der Waals surface area contributed by atoms with E-state index in [9.17, 15) is 0 Å². The molecule has 6 heteroatoms. The van der Waals surface area contributed by atoms with Crippen LogP contribution in [-0.4, -0.2) is 21.0 Å². The van der Waals surface area contributed by atoms with Crippen LogP contribution in [0.25, 0.3) is 10.9 Å². The molecule has 0 radical (unpaired) electrons. The molecule has 0 aliphatic carbocycles. The summed E-state index contributed by atoms with van der Waals surface area (Å²) in [5.41, 5.74) is 9.41. The highest BCUT2D eigenvalue weighted by Crippen LogP contribution is 2.21. The van der Waals surface area contributed by atoms with Crippen LogP contribution in [0.5, 0.6) is 0 Å². The molecule has 0 atom stereocenters. The monoisotopic (exact) mass is 347 g/mol. The van der Waals surface area contributed by atoms with Gasteiger partial charge in [-0.3, -0.25) is 5.43 Å². The number of hydrogen-bond donors (Lipinski definition) is 1. The lowest BCUT2D eigenvalue weighted by Gasteiger charge is -2.06. The standard InChI is InChI=1S/C19H17N5S/c1-14-5-4-6-15(9-14)11-24-12-16(17-7-2-3-8-18(17)24)10-20-22-19-23-21-13-25-19/h2-10,12-13H,11H2,1H3,(H,22,23)/b20-10+. The molecule has 0 aliphatic rings. The molecule has 124 valence electrons. The summed E-state index contributed by atoms with van der Waals surface area (Å²) in [6, 6.07) is 17.0. The lowest BCUT2D eigenvalue weighted by molar-refractivity contribution is 0.835. The predicted octanol–water partition coefficient (Wildman–Crippen LogP) is 4.30. The molecule has 0 fully saturated rings. The van der Waals surface area contributed by atoms with Crippen LogP contribution >= 0.6 is 11.3 Å². The van der Waals surface area contributed by atoms with Crippen molar-refractivity contribution in [2.24, 2.45) is 5.10 Å². The van der Waals surface area contributed by atoms with Gasteiger partial charge in [-0.15, -0.1) is 10.2 Å². The Morgan fingerprint density at radius 2 is 2.12 bits per heavy atom. The third-order valence-corrected chi connectivity index (χ3v) is 4.57. The second kappa shape index (κ2) is 6.86. The number of nitrogens with one attached hydrogen (secondary N) is 1. The van der Waals surface area contributed by atoms with Gasteiger partial charge < -0.3 is 4.57 Å². The predicted molar refractivity (Wildman–Crippen MR) is 103 cm³/mol. The van der Waals surface area contributed by atoms with Crippen molar-refractivity contribution in [1.82, 2.24) is 14.8 Å². The largest absolute Gasteiger partial charge is 0.342 e. The fraction of sp³-hybridized carbons (Fsp3) is 0.105. The SMILES string of the molecule is Cc1cccc(Cn2cc(/C=N/Nc3nncs3)c3ccccc32)c1. The van der Waals surface area contributed by atoms with Crippen LogP contribution in [-0.2, 0) is 6.54 Å². The molecule has 0 saturated heterocycles. The highest BCUT2D eigenvalue weighted by atomic mass is 32.1. The molecule has 0 bridgehead atoms. The number of benzene rings is 2. The first-order valence-electron chi connectivity index (χ1n) is 7.98. The molecule has 2 heterocycles. The topological polar surface area (TPSA) is 55.1 Å². The number of aryl methyl sites for hydroxylation is 1. The quantitative estimate of drug-likeness (QED) is 0.433. The number of para-hydroxylation sites is 1. The molecule has 0 aliphatic heterocycles. The van der Waals surface area contributed by atoms with Crippen LogP contribution in [0.1, 0.15) is 16.7 Å². The minimum atomic E-state index is 0.680. The van der Waals surface area contributed by atoms with Crippen molar-refractivity contribution in [2.75, 3.05) is 5.43 Å². The van der Waals surface area contributed by atoms with Gasteiger partial charge in [0.25, 0.3) is 0 Å². The maximum atomic E-state index is 4.29. The Hall–Kier alpha value is -2.99. The minimum Gasteiger partial charge on any atom is -0.342 e. The first kappa shape index (κ1) is 15.5. The number of anilines is 1. The zero-order valence-electron chi connectivity index (χ0n) is 13.8. The van der Waals surface area contributed by atoms with Gasteiger partial charge in [0.2, 0.25) is 5.13 Å². The Labute approximate surface area is 149 Å². The Morgan fingerprint density at radius 3 is 2.96 bits per heavy atom. The minimum absolute atomic E-state index is 0.680. The summed E-state index contributed by atoms with van der Waals surface area (Å²) < 4.78 is 2.26. The van der Waals surface area contributed by atoms with Crippen molar-refractivity contribution < 1.29 is 0 Å². The van der Waals surface area contributed by atoms with E-state index in [4.69, 9.17) is 0 Å². The molecule has 25 heavy (non-hydrogen) atoms. The van der Waals surface area contributed by atoms with Gasteiger partial charge in [0.1, 0.15) is 5.51 Å². The molecule has 0 saturated carbocycles. The van der Waals surface area contributed by atoms with E-state index in [1.807, 2.05) is 6.21 Å². The van der Waals surface area contributed by atoms with E-state index < -0.39 is 0 Å². The van der Waals surface area contributed by atoms with Crippen LogP contribution < -0.4 is 5.43 Å². The van der Waals surface area contributed by atoms with Crippen molar-refractivity contribution >= 4 is 33.6 Å². The van der Waals surface area contributed by atoms with E-state index in [1.54, 1.807) is 5.51 Å². The Kier molecular flexibility index (Phi) is 4.26. The van der Waals surface area contributed by atoms with Crippen molar-refractivity contribution in [3.05, 3.63) is 76.9 Å². The van der Waals surface area contributed by atoms with E-state index in [1.165, 1.54) is 33.4 Å². The van der Waals surface area contributed by atoms with Crippen LogP contribution in [0.2, 0.25) is 0 Å². The Morgan fingerprint density at radius 1 is 1.20 bits per heavy atom. The zero-order valence-corrected chi connectivity index (χ0v) is 14.6. The third-order valence-electron chi connectivity index (χ3n) is 3.98. The van der Waals surface area contributed by atoms with E-state index in [0.717, 1.165) is 12.1 Å². The van der Waals surface area contributed by atoms with Crippen molar-refractivity contribution in [2.45, 2.75) is 13.5 Å². The van der Waals surface area contributed by atoms with E-state index in [2.05, 4.69) is 86.9 Å². The summed E-state index contributed by atoms with van der Waals surface area (Å²) in [5, 5.41) is 13.8. The number of aromatic nitrogens is 3. The van der Waals surface area contributed by atoms with Gasteiger partial charge in [-0.05, 0) is 18.6 Å². The van der Waals surface area contributed by atoms with E-state index in [0.29, 0.717) is 5.13 Å². The van der Waals surface area contributed by atoms with E-state index >= 15 is 0 Å². The molecule has 2 aromatic heterocycles. The van der Waals surface area contributed by atoms with Crippen molar-refractivity contribution in [1.29, 1.82) is 0 Å².